The number of halogens is 1. The molecule has 0 fully saturated rings. The van der Waals surface area contributed by atoms with E-state index in [-0.39, 0.29) is 11.7 Å². The van der Waals surface area contributed by atoms with Crippen molar-refractivity contribution in [2.24, 2.45) is 0 Å². The Morgan fingerprint density at radius 3 is 2.63 bits per heavy atom. The van der Waals surface area contributed by atoms with Gasteiger partial charge < -0.3 is 21.1 Å². The fourth-order valence-electron chi connectivity index (χ4n) is 1.54. The third-order valence-electron chi connectivity index (χ3n) is 2.42. The summed E-state index contributed by atoms with van der Waals surface area (Å²) in [5.74, 6) is 0.963. The van der Waals surface area contributed by atoms with Crippen LogP contribution in [0, 0.1) is 5.82 Å². The van der Waals surface area contributed by atoms with Crippen LogP contribution in [0.1, 0.15) is 0 Å². The molecule has 0 saturated carbocycles. The van der Waals surface area contributed by atoms with Crippen LogP contribution in [0.3, 0.4) is 0 Å². The van der Waals surface area contributed by atoms with Crippen molar-refractivity contribution in [2.45, 2.75) is 0 Å². The first-order chi connectivity index (χ1) is 9.12. The van der Waals surface area contributed by atoms with Crippen molar-refractivity contribution in [1.29, 1.82) is 0 Å². The van der Waals surface area contributed by atoms with Gasteiger partial charge in [0.25, 0.3) is 0 Å². The summed E-state index contributed by atoms with van der Waals surface area (Å²) in [7, 11) is 3.14. The highest BCUT2D eigenvalue weighted by atomic mass is 19.1. The average molecular weight is 263 g/mol. The Morgan fingerprint density at radius 2 is 1.95 bits per heavy atom. The molecule has 7 heteroatoms. The van der Waals surface area contributed by atoms with Crippen LogP contribution in [-0.2, 0) is 0 Å². The van der Waals surface area contributed by atoms with E-state index in [9.17, 15) is 4.39 Å². The molecule has 1 heterocycles. The Labute approximate surface area is 109 Å². The lowest BCUT2D eigenvalue weighted by molar-refractivity contribution is 0.387. The monoisotopic (exact) mass is 263 g/mol. The van der Waals surface area contributed by atoms with Gasteiger partial charge in [-0.15, -0.1) is 0 Å². The van der Waals surface area contributed by atoms with E-state index < -0.39 is 5.82 Å². The number of nitrogens with one attached hydrogen (secondary N) is 2. The second kappa shape index (κ2) is 5.38. The third-order valence-corrected chi connectivity index (χ3v) is 2.42. The maximum atomic E-state index is 13.3. The fraction of sp³-hybridized carbons (Fsp3) is 0.167. The van der Waals surface area contributed by atoms with Crippen molar-refractivity contribution in [3.8, 4) is 5.75 Å². The van der Waals surface area contributed by atoms with E-state index in [1.165, 1.54) is 19.2 Å². The largest absolute Gasteiger partial charge is 0.494 e. The van der Waals surface area contributed by atoms with Crippen molar-refractivity contribution < 1.29 is 9.13 Å². The number of rotatable bonds is 4. The fourth-order valence-corrected chi connectivity index (χ4v) is 1.54. The zero-order chi connectivity index (χ0) is 13.8. The van der Waals surface area contributed by atoms with Gasteiger partial charge in [0.15, 0.2) is 11.6 Å². The first-order valence-electron chi connectivity index (χ1n) is 5.55. The molecule has 6 nitrogen and oxygen atoms in total. The molecule has 4 N–H and O–H groups in total. The Hall–Kier alpha value is -2.57. The maximum Gasteiger partial charge on any atom is 0.223 e. The molecule has 1 aromatic heterocycles. The van der Waals surface area contributed by atoms with Crippen LogP contribution in [0.25, 0.3) is 0 Å². The SMILES string of the molecule is CNc1cc(Nc2ccc(F)c(OC)c2)nc(N)n1. The van der Waals surface area contributed by atoms with Gasteiger partial charge in [-0.05, 0) is 12.1 Å². The van der Waals surface area contributed by atoms with Crippen molar-refractivity contribution in [2.75, 3.05) is 30.5 Å². The summed E-state index contributed by atoms with van der Waals surface area (Å²) in [6.07, 6.45) is 0. The number of hydrogen-bond acceptors (Lipinski definition) is 6. The molecule has 0 spiro atoms. The quantitative estimate of drug-likeness (QED) is 0.782. The molecular weight excluding hydrogens is 249 g/mol. The molecule has 2 aromatic rings. The van der Waals surface area contributed by atoms with E-state index in [4.69, 9.17) is 10.5 Å². The van der Waals surface area contributed by atoms with Gasteiger partial charge in [0.2, 0.25) is 5.95 Å². The molecule has 100 valence electrons. The number of ether oxygens (including phenoxy) is 1. The summed E-state index contributed by atoms with van der Waals surface area (Å²) in [6.45, 7) is 0. The van der Waals surface area contributed by atoms with Gasteiger partial charge in [0, 0.05) is 24.9 Å². The van der Waals surface area contributed by atoms with Crippen molar-refractivity contribution >= 4 is 23.3 Å². The number of nitrogens with two attached hydrogens (primary N) is 1. The summed E-state index contributed by atoms with van der Waals surface area (Å²) < 4.78 is 18.2. The average Bonchev–Trinajstić information content (AvgIpc) is 2.40. The normalized spacial score (nSPS) is 10.1. The minimum Gasteiger partial charge on any atom is -0.494 e. The zero-order valence-electron chi connectivity index (χ0n) is 10.6. The summed E-state index contributed by atoms with van der Waals surface area (Å²) in [6, 6.07) is 6.11. The lowest BCUT2D eigenvalue weighted by Crippen LogP contribution is -2.03. The molecule has 1 aromatic carbocycles. The van der Waals surface area contributed by atoms with E-state index in [1.54, 1.807) is 19.2 Å². The highest BCUT2D eigenvalue weighted by molar-refractivity contribution is 5.62. The number of anilines is 4. The van der Waals surface area contributed by atoms with Crippen molar-refractivity contribution in [3.05, 3.63) is 30.1 Å². The predicted octanol–water partition coefficient (Wildman–Crippen LogP) is 1.99. The van der Waals surface area contributed by atoms with Gasteiger partial charge in [-0.2, -0.15) is 9.97 Å². The lowest BCUT2D eigenvalue weighted by atomic mass is 10.3. The zero-order valence-corrected chi connectivity index (χ0v) is 10.6. The van der Waals surface area contributed by atoms with Gasteiger partial charge in [-0.25, -0.2) is 4.39 Å². The van der Waals surface area contributed by atoms with E-state index in [1.807, 2.05) is 0 Å². The van der Waals surface area contributed by atoms with Crippen LogP contribution in [-0.4, -0.2) is 24.1 Å². The topological polar surface area (TPSA) is 85.1 Å². The summed E-state index contributed by atoms with van der Waals surface area (Å²) in [4.78, 5) is 8.01. The van der Waals surface area contributed by atoms with Crippen LogP contribution in [0.5, 0.6) is 5.75 Å². The highest BCUT2D eigenvalue weighted by Crippen LogP contribution is 2.24. The Kier molecular flexibility index (Phi) is 3.65. The molecular formula is C12H14FN5O. The minimum atomic E-state index is -0.425. The van der Waals surface area contributed by atoms with Crippen molar-refractivity contribution in [1.82, 2.24) is 9.97 Å². The molecule has 0 radical (unpaired) electrons. The van der Waals surface area contributed by atoms with Crippen LogP contribution >= 0.6 is 0 Å². The number of benzene rings is 1. The lowest BCUT2D eigenvalue weighted by Gasteiger charge is -2.09. The smallest absolute Gasteiger partial charge is 0.223 e. The highest BCUT2D eigenvalue weighted by Gasteiger charge is 2.06. The minimum absolute atomic E-state index is 0.142. The number of methoxy groups -OCH3 is 1. The summed E-state index contributed by atoms with van der Waals surface area (Å²) >= 11 is 0. The van der Waals surface area contributed by atoms with Crippen LogP contribution in [0.4, 0.5) is 27.7 Å². The van der Waals surface area contributed by atoms with Gasteiger partial charge >= 0.3 is 0 Å². The second-order valence-electron chi connectivity index (χ2n) is 3.72. The first kappa shape index (κ1) is 12.9. The molecule has 19 heavy (non-hydrogen) atoms. The standard InChI is InChI=1S/C12H14FN5O/c1-15-10-6-11(18-12(14)17-10)16-7-3-4-8(13)9(5-7)19-2/h3-6H,1-2H3,(H4,14,15,16,17,18). The van der Waals surface area contributed by atoms with E-state index in [0.717, 1.165) is 0 Å². The second-order valence-corrected chi connectivity index (χ2v) is 3.72. The number of aromatic nitrogens is 2. The molecule has 0 aliphatic heterocycles. The molecule has 0 aliphatic carbocycles. The van der Waals surface area contributed by atoms with Gasteiger partial charge in [-0.1, -0.05) is 0 Å². The van der Waals surface area contributed by atoms with E-state index >= 15 is 0 Å². The number of nitrogen functional groups attached to an aromatic ring is 1. The molecule has 0 unspecified atom stereocenters. The molecule has 0 aliphatic rings. The third kappa shape index (κ3) is 3.01. The van der Waals surface area contributed by atoms with Crippen LogP contribution < -0.4 is 21.1 Å². The Morgan fingerprint density at radius 1 is 1.21 bits per heavy atom. The Balaban J connectivity index is 2.28. The van der Waals surface area contributed by atoms with E-state index in [0.29, 0.717) is 17.3 Å². The molecule has 0 amide bonds. The number of nitrogens with zero attached hydrogens (tertiary/aromatic N) is 2. The van der Waals surface area contributed by atoms with Crippen molar-refractivity contribution in [3.63, 3.8) is 0 Å². The van der Waals surface area contributed by atoms with Gasteiger partial charge in [0.05, 0.1) is 7.11 Å². The molecule has 0 bridgehead atoms. The van der Waals surface area contributed by atoms with Crippen LogP contribution in [0.15, 0.2) is 24.3 Å². The van der Waals surface area contributed by atoms with Crippen LogP contribution in [0.2, 0.25) is 0 Å². The summed E-state index contributed by atoms with van der Waals surface area (Å²) in [5.41, 5.74) is 6.22. The number of hydrogen-bond donors (Lipinski definition) is 3. The molecule has 2 rings (SSSR count). The predicted molar refractivity (Wildman–Crippen MR) is 72.2 cm³/mol. The molecule has 0 atom stereocenters. The first-order valence-corrected chi connectivity index (χ1v) is 5.55. The maximum absolute atomic E-state index is 13.3. The van der Waals surface area contributed by atoms with E-state index in [2.05, 4.69) is 20.6 Å². The summed E-state index contributed by atoms with van der Waals surface area (Å²) in [5, 5.41) is 5.87. The Bertz CT molecular complexity index is 590. The van der Waals surface area contributed by atoms with Gasteiger partial charge in [-0.3, -0.25) is 0 Å². The van der Waals surface area contributed by atoms with Gasteiger partial charge in [0.1, 0.15) is 11.6 Å². The molecule has 0 saturated heterocycles.